The number of halogens is 1. The number of benzene rings is 2. The second-order valence-electron chi connectivity index (χ2n) is 5.93. The van der Waals surface area contributed by atoms with Crippen LogP contribution in [0.4, 0.5) is 15.8 Å². The number of rotatable bonds is 7. The number of aryl methyl sites for hydroxylation is 1. The highest BCUT2D eigenvalue weighted by atomic mass is 32.2. The first kappa shape index (κ1) is 19.9. The van der Waals surface area contributed by atoms with Crippen molar-refractivity contribution in [3.8, 4) is 0 Å². The summed E-state index contributed by atoms with van der Waals surface area (Å²) in [5, 5.41) is 5.47. The van der Waals surface area contributed by atoms with Crippen LogP contribution in [0, 0.1) is 12.7 Å². The molecule has 0 aliphatic heterocycles. The number of carbonyl (C=O) groups excluding carboxylic acids is 2. The van der Waals surface area contributed by atoms with Crippen LogP contribution in [0.15, 0.2) is 47.4 Å². The topological polar surface area (TPSA) is 61.4 Å². The van der Waals surface area contributed by atoms with Gasteiger partial charge in [0, 0.05) is 10.6 Å². The number of nitrogens with zero attached hydrogens (tertiary/aromatic N) is 1. The molecule has 0 aliphatic rings. The molecule has 0 radical (unpaired) electrons. The quantitative estimate of drug-likeness (QED) is 0.729. The van der Waals surface area contributed by atoms with E-state index in [0.717, 1.165) is 10.6 Å². The highest BCUT2D eigenvalue weighted by Crippen LogP contribution is 2.24. The summed E-state index contributed by atoms with van der Waals surface area (Å²) in [5.41, 5.74) is 1.66. The van der Waals surface area contributed by atoms with Crippen LogP contribution >= 0.6 is 11.8 Å². The van der Waals surface area contributed by atoms with E-state index in [9.17, 15) is 14.0 Å². The van der Waals surface area contributed by atoms with Gasteiger partial charge in [0.1, 0.15) is 5.82 Å². The third kappa shape index (κ3) is 5.86. The Morgan fingerprint density at radius 1 is 1.08 bits per heavy atom. The summed E-state index contributed by atoms with van der Waals surface area (Å²) in [6.07, 6.45) is 1.94. The molecule has 0 bridgehead atoms. The summed E-state index contributed by atoms with van der Waals surface area (Å²) in [7, 11) is 1.68. The molecular weight excluding hydrogens is 353 g/mol. The highest BCUT2D eigenvalue weighted by Gasteiger charge is 2.13. The van der Waals surface area contributed by atoms with Crippen molar-refractivity contribution in [3.63, 3.8) is 0 Å². The van der Waals surface area contributed by atoms with E-state index >= 15 is 0 Å². The Bertz CT molecular complexity index is 798. The lowest BCUT2D eigenvalue weighted by Gasteiger charge is -2.17. The maximum absolute atomic E-state index is 13.5. The van der Waals surface area contributed by atoms with E-state index in [2.05, 4.69) is 10.6 Å². The number of anilines is 2. The number of thioether (sulfide) groups is 1. The fourth-order valence-electron chi connectivity index (χ4n) is 2.35. The van der Waals surface area contributed by atoms with E-state index in [0.29, 0.717) is 11.3 Å². The summed E-state index contributed by atoms with van der Waals surface area (Å²) in [6.45, 7) is 1.74. The normalized spacial score (nSPS) is 10.7. The Morgan fingerprint density at radius 2 is 1.73 bits per heavy atom. The Balaban J connectivity index is 1.85. The smallest absolute Gasteiger partial charge is 0.238 e. The van der Waals surface area contributed by atoms with Crippen molar-refractivity contribution in [3.05, 3.63) is 53.8 Å². The van der Waals surface area contributed by atoms with E-state index < -0.39 is 0 Å². The van der Waals surface area contributed by atoms with Crippen LogP contribution in [0.25, 0.3) is 0 Å². The Morgan fingerprint density at radius 3 is 2.38 bits per heavy atom. The van der Waals surface area contributed by atoms with Crippen LogP contribution in [0.1, 0.15) is 5.56 Å². The van der Waals surface area contributed by atoms with Crippen LogP contribution in [0.3, 0.4) is 0 Å². The van der Waals surface area contributed by atoms with Crippen molar-refractivity contribution >= 4 is 35.0 Å². The summed E-state index contributed by atoms with van der Waals surface area (Å²) < 4.78 is 13.5. The fourth-order valence-corrected chi connectivity index (χ4v) is 2.91. The van der Waals surface area contributed by atoms with Gasteiger partial charge in [-0.2, -0.15) is 0 Å². The summed E-state index contributed by atoms with van der Waals surface area (Å²) in [4.78, 5) is 26.8. The first-order valence-electron chi connectivity index (χ1n) is 8.06. The summed E-state index contributed by atoms with van der Waals surface area (Å²) in [5.74, 6) is -0.890. The zero-order valence-electron chi connectivity index (χ0n) is 15.0. The van der Waals surface area contributed by atoms with Crippen LogP contribution in [0.5, 0.6) is 0 Å². The number of nitrogens with one attached hydrogen (secondary N) is 2. The van der Waals surface area contributed by atoms with Crippen molar-refractivity contribution in [2.75, 3.05) is 37.0 Å². The zero-order chi connectivity index (χ0) is 19.1. The minimum atomic E-state index is -0.372. The number of hydrogen-bond donors (Lipinski definition) is 2. The minimum absolute atomic E-state index is 0.0209. The molecule has 2 aromatic rings. The van der Waals surface area contributed by atoms with E-state index in [1.807, 2.05) is 30.5 Å². The second kappa shape index (κ2) is 9.35. The number of likely N-dealkylation sites (N-methyl/N-ethyl adjacent to an activating group) is 1. The summed E-state index contributed by atoms with van der Waals surface area (Å²) >= 11 is 1.55. The third-order valence-corrected chi connectivity index (χ3v) is 4.46. The molecule has 0 saturated carbocycles. The molecule has 0 fully saturated rings. The molecular formula is C19H22FN3O2S. The van der Waals surface area contributed by atoms with E-state index in [-0.39, 0.29) is 30.7 Å². The molecule has 0 spiro atoms. The van der Waals surface area contributed by atoms with Gasteiger partial charge in [-0.1, -0.05) is 18.2 Å². The van der Waals surface area contributed by atoms with Gasteiger partial charge in [0.15, 0.2) is 0 Å². The number of hydrogen-bond acceptors (Lipinski definition) is 4. The van der Waals surface area contributed by atoms with E-state index in [1.165, 1.54) is 6.07 Å². The average molecular weight is 375 g/mol. The molecule has 0 atom stereocenters. The fraction of sp³-hybridized carbons (Fsp3) is 0.263. The molecule has 5 nitrogen and oxygen atoms in total. The van der Waals surface area contributed by atoms with Crippen LogP contribution < -0.4 is 10.6 Å². The predicted octanol–water partition coefficient (Wildman–Crippen LogP) is 3.37. The average Bonchev–Trinajstić information content (AvgIpc) is 2.58. The Labute approximate surface area is 157 Å². The monoisotopic (exact) mass is 375 g/mol. The van der Waals surface area contributed by atoms with Gasteiger partial charge in [0.2, 0.25) is 11.8 Å². The molecule has 0 heterocycles. The standard InChI is InChI=1S/C19H22FN3O2S/c1-13-8-9-14(10-15(13)20)21-18(24)11-23(2)12-19(25)22-16-6-4-5-7-17(16)26-3/h4-10H,11-12H2,1-3H3,(H,21,24)(H,22,25). The maximum atomic E-state index is 13.5. The Kier molecular flexibility index (Phi) is 7.17. The van der Waals surface area contributed by atoms with E-state index in [4.69, 9.17) is 0 Å². The van der Waals surface area contributed by atoms with Gasteiger partial charge < -0.3 is 10.6 Å². The molecule has 2 rings (SSSR count). The zero-order valence-corrected chi connectivity index (χ0v) is 15.8. The maximum Gasteiger partial charge on any atom is 0.238 e. The second-order valence-corrected chi connectivity index (χ2v) is 6.78. The van der Waals surface area contributed by atoms with Crippen LogP contribution in [-0.4, -0.2) is 43.1 Å². The van der Waals surface area contributed by atoms with Crippen molar-refractivity contribution in [2.45, 2.75) is 11.8 Å². The lowest BCUT2D eigenvalue weighted by atomic mass is 10.2. The molecule has 0 unspecified atom stereocenters. The molecule has 2 N–H and O–H groups in total. The SMILES string of the molecule is CSc1ccccc1NC(=O)CN(C)CC(=O)Nc1ccc(C)c(F)c1. The largest absolute Gasteiger partial charge is 0.325 e. The molecule has 26 heavy (non-hydrogen) atoms. The number of carbonyl (C=O) groups is 2. The van der Waals surface area contributed by atoms with Crippen LogP contribution in [-0.2, 0) is 9.59 Å². The van der Waals surface area contributed by atoms with Gasteiger partial charge in [-0.25, -0.2) is 4.39 Å². The first-order chi connectivity index (χ1) is 12.4. The van der Waals surface area contributed by atoms with Gasteiger partial charge in [-0.3, -0.25) is 14.5 Å². The minimum Gasteiger partial charge on any atom is -0.325 e. The van der Waals surface area contributed by atoms with Gasteiger partial charge in [0.25, 0.3) is 0 Å². The van der Waals surface area contributed by atoms with Crippen molar-refractivity contribution < 1.29 is 14.0 Å². The third-order valence-electron chi connectivity index (χ3n) is 3.66. The molecule has 7 heteroatoms. The van der Waals surface area contributed by atoms with E-state index in [1.54, 1.807) is 42.8 Å². The van der Waals surface area contributed by atoms with Crippen molar-refractivity contribution in [1.82, 2.24) is 4.90 Å². The van der Waals surface area contributed by atoms with Crippen LogP contribution in [0.2, 0.25) is 0 Å². The molecule has 0 aromatic heterocycles. The van der Waals surface area contributed by atoms with Gasteiger partial charge in [-0.05, 0) is 50.1 Å². The van der Waals surface area contributed by atoms with Gasteiger partial charge >= 0.3 is 0 Å². The van der Waals surface area contributed by atoms with Crippen molar-refractivity contribution in [2.24, 2.45) is 0 Å². The number of amides is 2. The molecule has 2 amide bonds. The Hall–Kier alpha value is -2.38. The lowest BCUT2D eigenvalue weighted by Crippen LogP contribution is -2.36. The van der Waals surface area contributed by atoms with Gasteiger partial charge in [-0.15, -0.1) is 11.8 Å². The molecule has 0 aliphatic carbocycles. The predicted molar refractivity (Wildman–Crippen MR) is 104 cm³/mol. The summed E-state index contributed by atoms with van der Waals surface area (Å²) in [6, 6.07) is 12.0. The molecule has 0 saturated heterocycles. The highest BCUT2D eigenvalue weighted by molar-refractivity contribution is 7.98. The molecule has 2 aromatic carbocycles. The van der Waals surface area contributed by atoms with Gasteiger partial charge in [0.05, 0.1) is 18.8 Å². The van der Waals surface area contributed by atoms with Crippen molar-refractivity contribution in [1.29, 1.82) is 0 Å². The lowest BCUT2D eigenvalue weighted by molar-refractivity contribution is -0.119. The first-order valence-corrected chi connectivity index (χ1v) is 9.29. The number of para-hydroxylation sites is 1. The molecule has 138 valence electrons.